The molecule has 1 amide bonds. The second kappa shape index (κ2) is 5.30. The van der Waals surface area contributed by atoms with Crippen LogP contribution in [0, 0.1) is 0 Å². The lowest BCUT2D eigenvalue weighted by atomic mass is 10.1. The minimum absolute atomic E-state index is 0.147. The van der Waals surface area contributed by atoms with Crippen LogP contribution in [-0.4, -0.2) is 59.5 Å². The van der Waals surface area contributed by atoms with Crippen molar-refractivity contribution in [2.24, 2.45) is 0 Å². The van der Waals surface area contributed by atoms with Crippen LogP contribution in [0.5, 0.6) is 11.5 Å². The summed E-state index contributed by atoms with van der Waals surface area (Å²) in [6.07, 6.45) is -0.943. The van der Waals surface area contributed by atoms with Gasteiger partial charge in [-0.2, -0.15) is 0 Å². The van der Waals surface area contributed by atoms with Crippen molar-refractivity contribution >= 4 is 5.91 Å². The third-order valence-corrected chi connectivity index (χ3v) is 3.54. The fourth-order valence-electron chi connectivity index (χ4n) is 2.41. The molecule has 2 atom stereocenters. The third-order valence-electron chi connectivity index (χ3n) is 3.54. The van der Waals surface area contributed by atoms with E-state index < -0.39 is 12.2 Å². The summed E-state index contributed by atoms with van der Waals surface area (Å²) in [6, 6.07) is 5.05. The van der Waals surface area contributed by atoms with Crippen molar-refractivity contribution in [3.8, 4) is 11.5 Å². The Hall–Kier alpha value is -1.79. The molecule has 6 heteroatoms. The van der Waals surface area contributed by atoms with Crippen LogP contribution in [0.15, 0.2) is 18.2 Å². The average molecular weight is 279 g/mol. The minimum atomic E-state index is -0.876. The highest BCUT2D eigenvalue weighted by molar-refractivity contribution is 5.95. The Labute approximate surface area is 116 Å². The number of likely N-dealkylation sites (tertiary alicyclic amines) is 1. The van der Waals surface area contributed by atoms with Gasteiger partial charge in [0.05, 0.1) is 25.4 Å². The molecular formula is C14H17NO5. The maximum absolute atomic E-state index is 12.3. The number of benzene rings is 1. The zero-order valence-electron chi connectivity index (χ0n) is 11.0. The Balaban J connectivity index is 1.80. The van der Waals surface area contributed by atoms with Crippen molar-refractivity contribution in [1.29, 1.82) is 0 Å². The smallest absolute Gasteiger partial charge is 0.254 e. The second-order valence-corrected chi connectivity index (χ2v) is 5.06. The summed E-state index contributed by atoms with van der Waals surface area (Å²) < 4.78 is 11.1. The maximum atomic E-state index is 12.3. The molecule has 0 unspecified atom stereocenters. The van der Waals surface area contributed by atoms with Gasteiger partial charge in [-0.3, -0.25) is 4.79 Å². The van der Waals surface area contributed by atoms with Gasteiger partial charge in [0.2, 0.25) is 0 Å². The number of rotatable bonds is 1. The number of nitrogens with zero attached hydrogens (tertiary/aromatic N) is 1. The number of aliphatic hydroxyl groups excluding tert-OH is 2. The summed E-state index contributed by atoms with van der Waals surface area (Å²) in [4.78, 5) is 13.8. The van der Waals surface area contributed by atoms with Gasteiger partial charge in [-0.15, -0.1) is 0 Å². The van der Waals surface area contributed by atoms with Gasteiger partial charge in [0.25, 0.3) is 5.91 Å². The zero-order chi connectivity index (χ0) is 14.1. The number of ether oxygens (including phenoxy) is 2. The van der Waals surface area contributed by atoms with E-state index in [0.29, 0.717) is 30.3 Å². The SMILES string of the molecule is O=C(c1ccc2c(c1)OCCCO2)N1C[C@@H](O)[C@@H](O)C1. The topological polar surface area (TPSA) is 79.2 Å². The van der Waals surface area contributed by atoms with Gasteiger partial charge in [0, 0.05) is 25.1 Å². The van der Waals surface area contributed by atoms with Crippen molar-refractivity contribution < 1.29 is 24.5 Å². The number of aliphatic hydroxyl groups is 2. The van der Waals surface area contributed by atoms with Crippen LogP contribution >= 0.6 is 0 Å². The van der Waals surface area contributed by atoms with Crippen molar-refractivity contribution in [2.75, 3.05) is 26.3 Å². The van der Waals surface area contributed by atoms with Gasteiger partial charge in [-0.25, -0.2) is 0 Å². The molecule has 1 aromatic carbocycles. The minimum Gasteiger partial charge on any atom is -0.490 e. The zero-order valence-corrected chi connectivity index (χ0v) is 11.0. The van der Waals surface area contributed by atoms with Crippen molar-refractivity contribution in [2.45, 2.75) is 18.6 Å². The fourth-order valence-corrected chi connectivity index (χ4v) is 2.41. The van der Waals surface area contributed by atoms with Gasteiger partial charge < -0.3 is 24.6 Å². The second-order valence-electron chi connectivity index (χ2n) is 5.06. The molecule has 2 aliphatic rings. The molecule has 2 heterocycles. The number of hydrogen-bond acceptors (Lipinski definition) is 5. The maximum Gasteiger partial charge on any atom is 0.254 e. The Morgan fingerprint density at radius 2 is 1.75 bits per heavy atom. The lowest BCUT2D eigenvalue weighted by molar-refractivity contribution is 0.0572. The normalized spacial score (nSPS) is 25.4. The number of amides is 1. The molecule has 1 aromatic rings. The summed E-state index contributed by atoms with van der Waals surface area (Å²) in [5.74, 6) is 0.977. The molecule has 0 aromatic heterocycles. The number of fused-ring (bicyclic) bond motifs is 1. The Morgan fingerprint density at radius 1 is 1.10 bits per heavy atom. The number of carbonyl (C=O) groups excluding carboxylic acids is 1. The van der Waals surface area contributed by atoms with Gasteiger partial charge >= 0.3 is 0 Å². The first-order valence-electron chi connectivity index (χ1n) is 6.70. The highest BCUT2D eigenvalue weighted by Gasteiger charge is 2.33. The first-order chi connectivity index (χ1) is 9.65. The summed E-state index contributed by atoms with van der Waals surface area (Å²) in [5.41, 5.74) is 0.468. The van der Waals surface area contributed by atoms with Gasteiger partial charge in [-0.05, 0) is 18.2 Å². The monoisotopic (exact) mass is 279 g/mol. The third kappa shape index (κ3) is 2.44. The van der Waals surface area contributed by atoms with Gasteiger partial charge in [-0.1, -0.05) is 0 Å². The number of carbonyl (C=O) groups is 1. The Morgan fingerprint density at radius 3 is 2.45 bits per heavy atom. The predicted molar refractivity (Wildman–Crippen MR) is 70.0 cm³/mol. The van der Waals surface area contributed by atoms with E-state index in [4.69, 9.17) is 9.47 Å². The number of hydrogen-bond donors (Lipinski definition) is 2. The van der Waals surface area contributed by atoms with Crippen LogP contribution in [0.2, 0.25) is 0 Å². The molecule has 0 spiro atoms. The summed E-state index contributed by atoms with van der Waals surface area (Å²) in [7, 11) is 0. The van der Waals surface area contributed by atoms with Crippen molar-refractivity contribution in [3.05, 3.63) is 23.8 Å². The molecule has 3 rings (SSSR count). The summed E-state index contributed by atoms with van der Waals surface area (Å²) >= 11 is 0. The summed E-state index contributed by atoms with van der Waals surface area (Å²) in [5, 5.41) is 19.0. The van der Waals surface area contributed by atoms with E-state index in [1.54, 1.807) is 18.2 Å². The first-order valence-corrected chi connectivity index (χ1v) is 6.70. The Kier molecular flexibility index (Phi) is 3.50. The average Bonchev–Trinajstić information content (AvgIpc) is 2.67. The highest BCUT2D eigenvalue weighted by Crippen LogP contribution is 2.31. The first kappa shape index (κ1) is 13.2. The molecule has 108 valence electrons. The van der Waals surface area contributed by atoms with E-state index in [-0.39, 0.29) is 19.0 Å². The van der Waals surface area contributed by atoms with E-state index in [1.807, 2.05) is 0 Å². The van der Waals surface area contributed by atoms with E-state index in [1.165, 1.54) is 4.90 Å². The molecule has 20 heavy (non-hydrogen) atoms. The molecule has 2 aliphatic heterocycles. The van der Waals surface area contributed by atoms with Crippen LogP contribution in [0.4, 0.5) is 0 Å². The van der Waals surface area contributed by atoms with Gasteiger partial charge in [0.15, 0.2) is 11.5 Å². The van der Waals surface area contributed by atoms with Gasteiger partial charge in [0.1, 0.15) is 0 Å². The lowest BCUT2D eigenvalue weighted by Crippen LogP contribution is -2.29. The van der Waals surface area contributed by atoms with E-state index in [0.717, 1.165) is 6.42 Å². The van der Waals surface area contributed by atoms with E-state index >= 15 is 0 Å². The molecular weight excluding hydrogens is 262 g/mol. The largest absolute Gasteiger partial charge is 0.490 e. The Bertz CT molecular complexity index is 508. The molecule has 2 N–H and O–H groups in total. The molecule has 0 radical (unpaired) electrons. The van der Waals surface area contributed by atoms with E-state index in [9.17, 15) is 15.0 Å². The highest BCUT2D eigenvalue weighted by atomic mass is 16.5. The number of β-amino-alcohol motifs (C(OH)–C–C–N with tert-alkyl or cyclic N) is 2. The van der Waals surface area contributed by atoms with Crippen LogP contribution in [0.1, 0.15) is 16.8 Å². The van der Waals surface area contributed by atoms with Crippen molar-refractivity contribution in [3.63, 3.8) is 0 Å². The predicted octanol–water partition coefficient (Wildman–Crippen LogP) is 0.0255. The fraction of sp³-hybridized carbons (Fsp3) is 0.500. The van der Waals surface area contributed by atoms with Crippen LogP contribution in [0.25, 0.3) is 0 Å². The van der Waals surface area contributed by atoms with Crippen LogP contribution < -0.4 is 9.47 Å². The van der Waals surface area contributed by atoms with Crippen LogP contribution in [-0.2, 0) is 0 Å². The molecule has 0 saturated carbocycles. The lowest BCUT2D eigenvalue weighted by Gasteiger charge is -2.16. The molecule has 1 saturated heterocycles. The quantitative estimate of drug-likeness (QED) is 0.758. The van der Waals surface area contributed by atoms with E-state index in [2.05, 4.69) is 0 Å². The molecule has 1 fully saturated rings. The standard InChI is InChI=1S/C14H17NO5/c16-10-7-15(8-11(10)17)14(18)9-2-3-12-13(6-9)20-5-1-4-19-12/h2-3,6,10-11,16-17H,1,4-5,7-8H2/t10-,11+. The summed E-state index contributed by atoms with van der Waals surface area (Å²) in [6.45, 7) is 1.46. The van der Waals surface area contributed by atoms with Crippen LogP contribution in [0.3, 0.4) is 0 Å². The molecule has 6 nitrogen and oxygen atoms in total. The van der Waals surface area contributed by atoms with Crippen molar-refractivity contribution in [1.82, 2.24) is 4.90 Å². The molecule has 0 bridgehead atoms. The molecule has 0 aliphatic carbocycles.